The van der Waals surface area contributed by atoms with Crippen LogP contribution in [-0.2, 0) is 16.1 Å². The molecule has 1 aliphatic rings. The van der Waals surface area contributed by atoms with Crippen LogP contribution in [0, 0.1) is 0 Å². The van der Waals surface area contributed by atoms with Gasteiger partial charge in [0.1, 0.15) is 11.3 Å². The van der Waals surface area contributed by atoms with E-state index in [1.807, 2.05) is 37.3 Å². The molecular weight excluding hydrogens is 356 g/mol. The molecule has 0 unspecified atom stereocenters. The molecule has 0 bridgehead atoms. The summed E-state index contributed by atoms with van der Waals surface area (Å²) in [5.41, 5.74) is 0.913. The summed E-state index contributed by atoms with van der Waals surface area (Å²) >= 11 is 0. The predicted octanol–water partition coefficient (Wildman–Crippen LogP) is 4.01. The monoisotopic (exact) mass is 378 g/mol. The van der Waals surface area contributed by atoms with Crippen LogP contribution in [-0.4, -0.2) is 34.2 Å². The first-order valence-electron chi connectivity index (χ1n) is 9.25. The number of rotatable bonds is 7. The highest BCUT2D eigenvalue weighted by atomic mass is 16.3. The Morgan fingerprint density at radius 2 is 1.71 bits per heavy atom. The van der Waals surface area contributed by atoms with Gasteiger partial charge in [0.15, 0.2) is 0 Å². The van der Waals surface area contributed by atoms with E-state index in [0.717, 1.165) is 21.8 Å². The average Bonchev–Trinajstić information content (AvgIpc) is 3.22. The molecule has 0 atom stereocenters. The van der Waals surface area contributed by atoms with Crippen molar-refractivity contribution >= 4 is 23.9 Å². The van der Waals surface area contributed by atoms with Gasteiger partial charge in [-0.15, -0.1) is 0 Å². The SMILES string of the molecule is CCCCN1C(=O)/C(=C\C=C\c2ccccc2)C(=O)N(Cc2ccco2)C1=O. The third kappa shape index (κ3) is 4.28. The number of carbonyl (C=O) groups excluding carboxylic acids is 3. The quantitative estimate of drug-likeness (QED) is 0.539. The van der Waals surface area contributed by atoms with E-state index in [2.05, 4.69) is 0 Å². The van der Waals surface area contributed by atoms with Crippen molar-refractivity contribution in [3.8, 4) is 0 Å². The lowest BCUT2D eigenvalue weighted by molar-refractivity contribution is -0.136. The molecule has 1 aromatic carbocycles. The fourth-order valence-corrected chi connectivity index (χ4v) is 2.88. The Morgan fingerprint density at radius 3 is 2.39 bits per heavy atom. The average molecular weight is 378 g/mol. The zero-order chi connectivity index (χ0) is 19.9. The summed E-state index contributed by atoms with van der Waals surface area (Å²) in [7, 11) is 0. The molecule has 2 aromatic rings. The summed E-state index contributed by atoms with van der Waals surface area (Å²) in [4.78, 5) is 40.6. The summed E-state index contributed by atoms with van der Waals surface area (Å²) < 4.78 is 5.27. The highest BCUT2D eigenvalue weighted by molar-refractivity contribution is 6.28. The predicted molar refractivity (Wildman–Crippen MR) is 105 cm³/mol. The lowest BCUT2D eigenvalue weighted by Gasteiger charge is -2.33. The topological polar surface area (TPSA) is 70.8 Å². The molecule has 2 heterocycles. The number of carbonyl (C=O) groups is 3. The second kappa shape index (κ2) is 8.99. The van der Waals surface area contributed by atoms with Crippen molar-refractivity contribution in [2.24, 2.45) is 0 Å². The van der Waals surface area contributed by atoms with E-state index in [9.17, 15) is 14.4 Å². The molecule has 1 aromatic heterocycles. The lowest BCUT2D eigenvalue weighted by atomic mass is 10.1. The molecule has 1 aliphatic heterocycles. The van der Waals surface area contributed by atoms with Crippen LogP contribution in [0.25, 0.3) is 6.08 Å². The minimum Gasteiger partial charge on any atom is -0.467 e. The summed E-state index contributed by atoms with van der Waals surface area (Å²) in [6, 6.07) is 12.3. The van der Waals surface area contributed by atoms with Gasteiger partial charge < -0.3 is 4.42 Å². The standard InChI is InChI=1S/C22H22N2O4/c1-2-3-14-23-20(25)19(13-7-11-17-9-5-4-6-10-17)21(26)24(22(23)27)16-18-12-8-15-28-18/h4-13,15H,2-3,14,16H2,1H3/b11-7+,19-13+. The third-order valence-electron chi connectivity index (χ3n) is 4.39. The van der Waals surface area contributed by atoms with Crippen molar-refractivity contribution in [3.63, 3.8) is 0 Å². The van der Waals surface area contributed by atoms with Gasteiger partial charge >= 0.3 is 6.03 Å². The molecule has 0 aliphatic carbocycles. The third-order valence-corrected chi connectivity index (χ3v) is 4.39. The Labute approximate surface area is 163 Å². The van der Waals surface area contributed by atoms with Crippen LogP contribution < -0.4 is 0 Å². The maximum atomic E-state index is 12.8. The van der Waals surface area contributed by atoms with Crippen molar-refractivity contribution in [2.75, 3.05) is 6.54 Å². The Kier molecular flexibility index (Phi) is 6.22. The maximum absolute atomic E-state index is 12.8. The first kappa shape index (κ1) is 19.4. The molecule has 0 saturated carbocycles. The Balaban J connectivity index is 1.88. The fraction of sp³-hybridized carbons (Fsp3) is 0.227. The number of unbranched alkanes of at least 4 members (excludes halogenated alkanes) is 1. The van der Waals surface area contributed by atoms with Gasteiger partial charge in [0.05, 0.1) is 12.8 Å². The van der Waals surface area contributed by atoms with Crippen molar-refractivity contribution in [2.45, 2.75) is 26.3 Å². The van der Waals surface area contributed by atoms with Gasteiger partial charge in [-0.05, 0) is 30.2 Å². The van der Waals surface area contributed by atoms with E-state index in [1.54, 1.807) is 24.3 Å². The molecule has 144 valence electrons. The number of urea groups is 1. The largest absolute Gasteiger partial charge is 0.467 e. The molecular formula is C22H22N2O4. The number of imide groups is 2. The Bertz CT molecular complexity index is 898. The molecule has 0 N–H and O–H groups in total. The zero-order valence-corrected chi connectivity index (χ0v) is 15.7. The summed E-state index contributed by atoms with van der Waals surface area (Å²) in [6.45, 7) is 2.24. The van der Waals surface area contributed by atoms with Crippen LogP contribution in [0.5, 0.6) is 0 Å². The first-order chi connectivity index (χ1) is 13.6. The molecule has 6 heteroatoms. The number of hydrogen-bond donors (Lipinski definition) is 0. The molecule has 1 saturated heterocycles. The van der Waals surface area contributed by atoms with Gasteiger partial charge in [0, 0.05) is 6.54 Å². The van der Waals surface area contributed by atoms with Crippen LogP contribution in [0.15, 0.2) is 70.9 Å². The second-order valence-electron chi connectivity index (χ2n) is 6.41. The van der Waals surface area contributed by atoms with E-state index >= 15 is 0 Å². The highest BCUT2D eigenvalue weighted by Crippen LogP contribution is 2.21. The van der Waals surface area contributed by atoms with Gasteiger partial charge in [0.2, 0.25) is 0 Å². The van der Waals surface area contributed by atoms with E-state index in [0.29, 0.717) is 12.2 Å². The van der Waals surface area contributed by atoms with Crippen molar-refractivity contribution in [3.05, 3.63) is 77.8 Å². The minimum absolute atomic E-state index is 0.0136. The van der Waals surface area contributed by atoms with Crippen LogP contribution in [0.1, 0.15) is 31.1 Å². The number of nitrogens with zero attached hydrogens (tertiary/aromatic N) is 2. The minimum atomic E-state index is -0.614. The van der Waals surface area contributed by atoms with E-state index in [1.165, 1.54) is 12.3 Å². The molecule has 3 rings (SSSR count). The van der Waals surface area contributed by atoms with Crippen LogP contribution >= 0.6 is 0 Å². The van der Waals surface area contributed by atoms with Crippen LogP contribution in [0.4, 0.5) is 4.79 Å². The lowest BCUT2D eigenvalue weighted by Crippen LogP contribution is -2.56. The smallest absolute Gasteiger partial charge is 0.334 e. The normalized spacial score (nSPS) is 16.6. The second-order valence-corrected chi connectivity index (χ2v) is 6.41. The van der Waals surface area contributed by atoms with Crippen molar-refractivity contribution in [1.82, 2.24) is 9.80 Å². The zero-order valence-electron chi connectivity index (χ0n) is 15.7. The van der Waals surface area contributed by atoms with Crippen LogP contribution in [0.3, 0.4) is 0 Å². The molecule has 4 amide bonds. The van der Waals surface area contributed by atoms with Gasteiger partial charge in [-0.3, -0.25) is 19.4 Å². The van der Waals surface area contributed by atoms with Crippen LogP contribution in [0.2, 0.25) is 0 Å². The van der Waals surface area contributed by atoms with Crippen molar-refractivity contribution in [1.29, 1.82) is 0 Å². The fourth-order valence-electron chi connectivity index (χ4n) is 2.88. The van der Waals surface area contributed by atoms with Gasteiger partial charge in [0.25, 0.3) is 11.8 Å². The summed E-state index contributed by atoms with van der Waals surface area (Å²) in [5, 5.41) is 0. The molecule has 28 heavy (non-hydrogen) atoms. The number of hydrogen-bond acceptors (Lipinski definition) is 4. The number of benzene rings is 1. The highest BCUT2D eigenvalue weighted by Gasteiger charge is 2.41. The first-order valence-corrected chi connectivity index (χ1v) is 9.25. The van der Waals surface area contributed by atoms with E-state index in [-0.39, 0.29) is 18.7 Å². The summed E-state index contributed by atoms with van der Waals surface area (Å²) in [6.07, 6.45) is 7.91. The number of allylic oxidation sites excluding steroid dienone is 2. The number of barbiturate groups is 1. The molecule has 0 radical (unpaired) electrons. The molecule has 0 spiro atoms. The van der Waals surface area contributed by atoms with Gasteiger partial charge in [-0.2, -0.15) is 0 Å². The number of amides is 4. The van der Waals surface area contributed by atoms with Crippen molar-refractivity contribution < 1.29 is 18.8 Å². The van der Waals surface area contributed by atoms with Gasteiger partial charge in [-0.25, -0.2) is 4.79 Å². The number of furan rings is 1. The molecule has 1 fully saturated rings. The summed E-state index contributed by atoms with van der Waals surface area (Å²) in [5.74, 6) is -0.695. The van der Waals surface area contributed by atoms with E-state index < -0.39 is 17.8 Å². The Morgan fingerprint density at radius 1 is 0.964 bits per heavy atom. The Hall–Kier alpha value is -3.41. The van der Waals surface area contributed by atoms with E-state index in [4.69, 9.17) is 4.42 Å². The molecule has 6 nitrogen and oxygen atoms in total. The maximum Gasteiger partial charge on any atom is 0.334 e. The van der Waals surface area contributed by atoms with Gasteiger partial charge in [-0.1, -0.05) is 55.8 Å².